The minimum atomic E-state index is -3.08. The van der Waals surface area contributed by atoms with Crippen LogP contribution in [0.1, 0.15) is 122 Å². The van der Waals surface area contributed by atoms with Crippen LogP contribution in [-0.4, -0.2) is 3.21 Å². The molecule has 0 nitrogen and oxygen atoms in total. The van der Waals surface area contributed by atoms with E-state index < -0.39 is 21.3 Å². The van der Waals surface area contributed by atoms with Crippen molar-refractivity contribution in [2.45, 2.75) is 106 Å². The van der Waals surface area contributed by atoms with Crippen LogP contribution in [0.3, 0.4) is 0 Å². The molecular weight excluding hydrogens is 798 g/mol. The summed E-state index contributed by atoms with van der Waals surface area (Å²) in [7, 11) is 0. The second-order valence-electron chi connectivity index (χ2n) is 17.6. The van der Waals surface area contributed by atoms with Gasteiger partial charge in [0.25, 0.3) is 0 Å². The number of fused-ring (bicyclic) bond motifs is 3. The molecule has 5 heteroatoms. The summed E-state index contributed by atoms with van der Waals surface area (Å²) in [6.45, 7) is 23.5. The summed E-state index contributed by atoms with van der Waals surface area (Å²) >= 11 is 10.6. The van der Waals surface area contributed by atoms with E-state index in [9.17, 15) is 0 Å². The molecule has 2 aliphatic rings. The zero-order valence-electron chi connectivity index (χ0n) is 32.6. The molecule has 0 aromatic heterocycles. The summed E-state index contributed by atoms with van der Waals surface area (Å²) in [6.07, 6.45) is 9.86. The van der Waals surface area contributed by atoms with Gasteiger partial charge in [0.2, 0.25) is 0 Å². The number of hydrogen-bond acceptors (Lipinski definition) is 0. The predicted molar refractivity (Wildman–Crippen MR) is 216 cm³/mol. The number of allylic oxidation sites excluding steroid dienone is 4. The maximum Gasteiger partial charge on any atom is -1.00 e. The van der Waals surface area contributed by atoms with Gasteiger partial charge in [-0.2, -0.15) is 0 Å². The standard InChI is InChI=1S/C21H25.C13H8Cl2.C13H21.2ClH.Zr/c1-20(2,3)16-9-7-14-11-15-8-10-17(21(4,5)6)13-19(15)18(14)12-16;14-12-5-1-3-10(8-12)7-11-4-2-6-13(15)9-11;1-5-6-7-11-8-9-12(10-11)13(2,3)4;;;/h7,9-10,12-13H,11H2,1-6H3;1-6,8-9H;9-11H,5-7H2,1-4H3;2*1H;/q;;;;;+2/p-2. The van der Waals surface area contributed by atoms with Crippen LogP contribution in [0.15, 0.2) is 99.9 Å². The second-order valence-corrected chi connectivity index (χ2v) is 24.3. The molecule has 274 valence electrons. The molecule has 0 saturated carbocycles. The third-order valence-electron chi connectivity index (χ3n) is 10.6. The molecule has 0 bridgehead atoms. The SMILES string of the molecule is CCCCC1C=C(C(C)(C)C)C=[C]1[Zr+2](=[C](c1cccc(Cl)c1)c1cccc(Cl)c1)[c]1cc(C(C)(C)C)cc2c1Cc1ccc(C(C)(C)C)cc1-2.[Cl-].[Cl-]. The van der Waals surface area contributed by atoms with Crippen LogP contribution in [-0.2, 0) is 38.5 Å². The minimum Gasteiger partial charge on any atom is -1.00 e. The first kappa shape index (κ1) is 43.0. The average Bonchev–Trinajstić information content (AvgIpc) is 3.63. The van der Waals surface area contributed by atoms with Crippen LogP contribution in [0.5, 0.6) is 0 Å². The smallest absolute Gasteiger partial charge is 1.00 e. The topological polar surface area (TPSA) is 0 Å². The summed E-state index contributed by atoms with van der Waals surface area (Å²) in [5.41, 5.74) is 12.8. The molecule has 0 aliphatic heterocycles. The van der Waals surface area contributed by atoms with Crippen molar-refractivity contribution in [1.29, 1.82) is 0 Å². The number of benzene rings is 4. The molecule has 1 unspecified atom stereocenters. The van der Waals surface area contributed by atoms with Gasteiger partial charge >= 0.3 is 322 Å². The van der Waals surface area contributed by atoms with Crippen LogP contribution in [0.2, 0.25) is 10.0 Å². The fourth-order valence-electron chi connectivity index (χ4n) is 7.59. The zero-order chi connectivity index (χ0) is 36.2. The molecule has 0 N–H and O–H groups in total. The third kappa shape index (κ3) is 9.03. The molecule has 2 aliphatic carbocycles. The molecule has 52 heavy (non-hydrogen) atoms. The van der Waals surface area contributed by atoms with Gasteiger partial charge in [0, 0.05) is 0 Å². The Hall–Kier alpha value is -1.73. The molecule has 0 saturated heterocycles. The summed E-state index contributed by atoms with van der Waals surface area (Å²) in [5.74, 6) is 0.428. The Morgan fingerprint density at radius 1 is 0.692 bits per heavy atom. The van der Waals surface area contributed by atoms with Crippen LogP contribution >= 0.6 is 23.2 Å². The van der Waals surface area contributed by atoms with Crippen molar-refractivity contribution in [1.82, 2.24) is 0 Å². The van der Waals surface area contributed by atoms with E-state index >= 15 is 0 Å². The van der Waals surface area contributed by atoms with Gasteiger partial charge in [-0.1, -0.05) is 0 Å². The molecule has 0 heterocycles. The van der Waals surface area contributed by atoms with E-state index in [4.69, 9.17) is 23.2 Å². The van der Waals surface area contributed by atoms with Crippen LogP contribution < -0.4 is 28.1 Å². The first-order valence-corrected chi connectivity index (χ1v) is 22.9. The fourth-order valence-corrected chi connectivity index (χ4v) is 16.5. The molecule has 1 atom stereocenters. The monoisotopic (exact) mass is 848 g/mol. The molecule has 6 rings (SSSR count). The van der Waals surface area contributed by atoms with Crippen molar-refractivity contribution in [3.05, 3.63) is 143 Å². The Balaban J connectivity index is 0.00000302. The molecule has 4 aromatic rings. The van der Waals surface area contributed by atoms with Crippen LogP contribution in [0.25, 0.3) is 11.1 Å². The zero-order valence-corrected chi connectivity index (χ0v) is 38.1. The van der Waals surface area contributed by atoms with Crippen molar-refractivity contribution in [3.63, 3.8) is 0 Å². The normalized spacial score (nSPS) is 15.0. The summed E-state index contributed by atoms with van der Waals surface area (Å²) in [4.78, 5) is 0. The van der Waals surface area contributed by atoms with Crippen molar-refractivity contribution in [2.24, 2.45) is 11.3 Å². The van der Waals surface area contributed by atoms with E-state index in [2.05, 4.69) is 148 Å². The third-order valence-corrected chi connectivity index (χ3v) is 18.8. The van der Waals surface area contributed by atoms with Gasteiger partial charge in [-0.15, -0.1) is 0 Å². The van der Waals surface area contributed by atoms with Gasteiger partial charge in [0.15, 0.2) is 0 Å². The van der Waals surface area contributed by atoms with Gasteiger partial charge in [0.1, 0.15) is 0 Å². The van der Waals surface area contributed by atoms with E-state index in [0.717, 1.165) is 16.5 Å². The van der Waals surface area contributed by atoms with Crippen molar-refractivity contribution in [2.75, 3.05) is 0 Å². The summed E-state index contributed by atoms with van der Waals surface area (Å²) in [5, 5.41) is 1.55. The van der Waals surface area contributed by atoms with Gasteiger partial charge in [0.05, 0.1) is 0 Å². The number of rotatable bonds is 7. The molecule has 0 radical (unpaired) electrons. The molecular formula is C47H54Cl4Zr. The summed E-state index contributed by atoms with van der Waals surface area (Å²) < 4.78 is 4.75. The molecule has 0 amide bonds. The Morgan fingerprint density at radius 3 is 1.79 bits per heavy atom. The maximum atomic E-state index is 6.85. The molecule has 0 spiro atoms. The average molecular weight is 852 g/mol. The van der Waals surface area contributed by atoms with Crippen molar-refractivity contribution in [3.8, 4) is 11.1 Å². The minimum absolute atomic E-state index is 0. The molecule has 4 aromatic carbocycles. The number of hydrogen-bond donors (Lipinski definition) is 0. The van der Waals surface area contributed by atoms with Gasteiger partial charge < -0.3 is 24.8 Å². The number of halogens is 4. The van der Waals surface area contributed by atoms with E-state index in [-0.39, 0.29) is 41.1 Å². The fraction of sp³-hybridized carbons (Fsp3) is 0.383. The van der Waals surface area contributed by atoms with Crippen LogP contribution in [0.4, 0.5) is 0 Å². The number of unbranched alkanes of at least 4 members (excludes halogenated alkanes) is 1. The van der Waals surface area contributed by atoms with E-state index in [1.165, 1.54) is 72.5 Å². The Bertz CT molecular complexity index is 2000. The Morgan fingerprint density at radius 2 is 1.27 bits per heavy atom. The maximum absolute atomic E-state index is 6.85. The van der Waals surface area contributed by atoms with Gasteiger partial charge in [-0.3, -0.25) is 0 Å². The van der Waals surface area contributed by atoms with Crippen molar-refractivity contribution < 1.29 is 46.1 Å². The van der Waals surface area contributed by atoms with Crippen LogP contribution in [0, 0.1) is 11.3 Å². The quantitative estimate of drug-likeness (QED) is 0.161. The van der Waals surface area contributed by atoms with Gasteiger partial charge in [-0.05, 0) is 0 Å². The first-order chi connectivity index (χ1) is 23.5. The van der Waals surface area contributed by atoms with E-state index in [1.807, 2.05) is 12.1 Å². The first-order valence-electron chi connectivity index (χ1n) is 18.5. The van der Waals surface area contributed by atoms with Gasteiger partial charge in [-0.25, -0.2) is 0 Å². The predicted octanol–water partition coefficient (Wildman–Crippen LogP) is 7.36. The van der Waals surface area contributed by atoms with E-state index in [1.54, 1.807) is 6.55 Å². The van der Waals surface area contributed by atoms with E-state index in [0.29, 0.717) is 5.92 Å². The molecule has 0 fully saturated rings. The Kier molecular flexibility index (Phi) is 13.7. The largest absolute Gasteiger partial charge is 1.00 e. The second kappa shape index (κ2) is 16.6. The summed E-state index contributed by atoms with van der Waals surface area (Å²) in [6, 6.07) is 29.7. The van der Waals surface area contributed by atoms with Crippen molar-refractivity contribution >= 4 is 29.7 Å². The Labute approximate surface area is 344 Å².